The van der Waals surface area contributed by atoms with Crippen molar-refractivity contribution in [2.45, 2.75) is 18.7 Å². The van der Waals surface area contributed by atoms with Gasteiger partial charge in [0.05, 0.1) is 11.7 Å². The number of carboxylic acid groups (broad SMARTS) is 1. The fourth-order valence-electron chi connectivity index (χ4n) is 2.75. The molecule has 3 heterocycles. The first kappa shape index (κ1) is 22.0. The Morgan fingerprint density at radius 2 is 2.00 bits per heavy atom. The molecule has 1 amide bonds. The summed E-state index contributed by atoms with van der Waals surface area (Å²) in [5.74, 6) is -2.37. The Hall–Kier alpha value is -3.67. The molecule has 4 rings (SSSR count). The van der Waals surface area contributed by atoms with Gasteiger partial charge in [0, 0.05) is 29.9 Å². The Morgan fingerprint density at radius 3 is 2.68 bits per heavy atom. The molecule has 1 atom stereocenters. The van der Waals surface area contributed by atoms with Crippen molar-refractivity contribution in [1.29, 1.82) is 0 Å². The van der Waals surface area contributed by atoms with Crippen LogP contribution in [0, 0.1) is 0 Å². The van der Waals surface area contributed by atoms with Crippen LogP contribution in [0.2, 0.25) is 0 Å². The molecule has 1 aromatic carbocycles. The van der Waals surface area contributed by atoms with E-state index >= 15 is 0 Å². The molecular weight excluding hydrogens is 419 g/mol. The van der Waals surface area contributed by atoms with Crippen molar-refractivity contribution in [1.82, 2.24) is 20.5 Å². The molecule has 31 heavy (non-hydrogen) atoms. The third-order valence-electron chi connectivity index (χ3n) is 4.22. The van der Waals surface area contributed by atoms with Gasteiger partial charge in [-0.05, 0) is 37.2 Å². The fraction of sp³-hybridized carbons (Fsp3) is 0.263. The molecule has 0 unspecified atom stereocenters. The van der Waals surface area contributed by atoms with Crippen molar-refractivity contribution in [3.63, 3.8) is 0 Å². The number of amides is 1. The molecule has 1 saturated heterocycles. The van der Waals surface area contributed by atoms with Gasteiger partial charge in [-0.2, -0.15) is 18.3 Å². The molecule has 1 fully saturated rings. The molecule has 0 spiro atoms. The molecule has 1 aliphatic heterocycles. The lowest BCUT2D eigenvalue weighted by Crippen LogP contribution is -2.21. The molecule has 4 N–H and O–H groups in total. The van der Waals surface area contributed by atoms with Gasteiger partial charge in [0.1, 0.15) is 17.5 Å². The number of halogens is 3. The Bertz CT molecular complexity index is 1060. The number of ether oxygens (including phenoxy) is 1. The first-order chi connectivity index (χ1) is 14.7. The summed E-state index contributed by atoms with van der Waals surface area (Å²) in [6.07, 6.45) is -0.667. The number of benzene rings is 1. The van der Waals surface area contributed by atoms with Gasteiger partial charge in [0.15, 0.2) is 0 Å². The van der Waals surface area contributed by atoms with E-state index in [0.717, 1.165) is 30.4 Å². The number of aromatic nitrogens is 3. The van der Waals surface area contributed by atoms with Crippen LogP contribution in [0.1, 0.15) is 16.9 Å². The van der Waals surface area contributed by atoms with Crippen LogP contribution in [0.25, 0.3) is 10.9 Å². The first-order valence-corrected chi connectivity index (χ1v) is 9.10. The molecule has 2 aromatic heterocycles. The molecule has 9 nitrogen and oxygen atoms in total. The minimum Gasteiger partial charge on any atom is -0.489 e. The van der Waals surface area contributed by atoms with Gasteiger partial charge in [0.25, 0.3) is 5.91 Å². The number of aliphatic carboxylic acids is 1. The number of nitrogens with one attached hydrogen (secondary N) is 3. The highest BCUT2D eigenvalue weighted by molar-refractivity contribution is 6.03. The predicted octanol–water partition coefficient (Wildman–Crippen LogP) is 2.58. The van der Waals surface area contributed by atoms with Gasteiger partial charge in [-0.15, -0.1) is 0 Å². The number of nitrogens with zero attached hydrogens (tertiary/aromatic N) is 2. The fourth-order valence-corrected chi connectivity index (χ4v) is 2.75. The zero-order valence-electron chi connectivity index (χ0n) is 15.9. The van der Waals surface area contributed by atoms with Gasteiger partial charge >= 0.3 is 12.1 Å². The van der Waals surface area contributed by atoms with E-state index in [0.29, 0.717) is 17.1 Å². The van der Waals surface area contributed by atoms with Crippen molar-refractivity contribution in [3.05, 3.63) is 48.4 Å². The molecule has 0 radical (unpaired) electrons. The van der Waals surface area contributed by atoms with E-state index in [1.54, 1.807) is 24.5 Å². The van der Waals surface area contributed by atoms with E-state index < -0.39 is 12.1 Å². The number of hydrogen-bond acceptors (Lipinski definition) is 6. The summed E-state index contributed by atoms with van der Waals surface area (Å²) >= 11 is 0. The van der Waals surface area contributed by atoms with Crippen LogP contribution >= 0.6 is 0 Å². The topological polar surface area (TPSA) is 129 Å². The number of carboxylic acids is 1. The number of hydrogen-bond donors (Lipinski definition) is 4. The summed E-state index contributed by atoms with van der Waals surface area (Å²) in [4.78, 5) is 25.4. The zero-order chi connectivity index (χ0) is 22.4. The van der Waals surface area contributed by atoms with Crippen molar-refractivity contribution >= 4 is 28.5 Å². The number of H-pyrrole nitrogens is 1. The number of carbonyl (C=O) groups excluding carboxylic acids is 1. The number of aromatic amines is 1. The van der Waals surface area contributed by atoms with E-state index in [2.05, 4.69) is 25.8 Å². The summed E-state index contributed by atoms with van der Waals surface area (Å²) in [7, 11) is 0. The highest BCUT2D eigenvalue weighted by atomic mass is 19.4. The Morgan fingerprint density at radius 1 is 1.23 bits per heavy atom. The van der Waals surface area contributed by atoms with Crippen LogP contribution in [-0.2, 0) is 4.79 Å². The second-order valence-corrected chi connectivity index (χ2v) is 6.54. The van der Waals surface area contributed by atoms with E-state index in [4.69, 9.17) is 14.6 Å². The average Bonchev–Trinajstić information content (AvgIpc) is 3.39. The Labute approximate surface area is 173 Å². The largest absolute Gasteiger partial charge is 0.490 e. The molecule has 0 aliphatic carbocycles. The minimum atomic E-state index is -5.08. The van der Waals surface area contributed by atoms with Crippen LogP contribution in [-0.4, -0.2) is 57.5 Å². The van der Waals surface area contributed by atoms with Gasteiger partial charge in [-0.1, -0.05) is 0 Å². The van der Waals surface area contributed by atoms with Crippen LogP contribution in [0.15, 0.2) is 42.7 Å². The number of carbonyl (C=O) groups is 2. The maximum atomic E-state index is 12.4. The summed E-state index contributed by atoms with van der Waals surface area (Å²) in [6, 6.07) is 9.00. The summed E-state index contributed by atoms with van der Waals surface area (Å²) in [6.45, 7) is 1.79. The maximum absolute atomic E-state index is 12.4. The zero-order valence-corrected chi connectivity index (χ0v) is 15.9. The van der Waals surface area contributed by atoms with Crippen molar-refractivity contribution in [2.24, 2.45) is 0 Å². The molecule has 164 valence electrons. The van der Waals surface area contributed by atoms with E-state index in [9.17, 15) is 18.0 Å². The van der Waals surface area contributed by atoms with E-state index in [-0.39, 0.29) is 12.0 Å². The summed E-state index contributed by atoms with van der Waals surface area (Å²) in [5.41, 5.74) is 1.94. The number of fused-ring (bicyclic) bond motifs is 1. The highest BCUT2D eigenvalue weighted by Crippen LogP contribution is 2.19. The third kappa shape index (κ3) is 6.15. The maximum Gasteiger partial charge on any atom is 0.490 e. The Kier molecular flexibility index (Phi) is 6.70. The predicted molar refractivity (Wildman–Crippen MR) is 104 cm³/mol. The normalized spacial score (nSPS) is 15.8. The van der Waals surface area contributed by atoms with E-state index in [1.165, 1.54) is 0 Å². The van der Waals surface area contributed by atoms with Crippen LogP contribution < -0.4 is 15.4 Å². The number of pyridine rings is 1. The molecular formula is C19H18F3N5O4. The highest BCUT2D eigenvalue weighted by Gasteiger charge is 2.38. The average molecular weight is 437 g/mol. The van der Waals surface area contributed by atoms with Crippen molar-refractivity contribution in [3.8, 4) is 5.75 Å². The molecule has 3 aromatic rings. The van der Waals surface area contributed by atoms with Crippen LogP contribution in [0.5, 0.6) is 5.75 Å². The number of anilines is 1. The lowest BCUT2D eigenvalue weighted by Gasteiger charge is -2.13. The van der Waals surface area contributed by atoms with Crippen LogP contribution in [0.4, 0.5) is 18.9 Å². The van der Waals surface area contributed by atoms with E-state index in [1.807, 2.05) is 18.2 Å². The monoisotopic (exact) mass is 437 g/mol. The molecule has 0 bridgehead atoms. The second-order valence-electron chi connectivity index (χ2n) is 6.54. The van der Waals surface area contributed by atoms with Gasteiger partial charge < -0.3 is 20.5 Å². The lowest BCUT2D eigenvalue weighted by molar-refractivity contribution is -0.192. The van der Waals surface area contributed by atoms with Gasteiger partial charge in [-0.3, -0.25) is 14.9 Å². The van der Waals surface area contributed by atoms with Crippen LogP contribution in [0.3, 0.4) is 0 Å². The lowest BCUT2D eigenvalue weighted by atomic mass is 10.2. The summed E-state index contributed by atoms with van der Waals surface area (Å²) < 4.78 is 37.6. The van der Waals surface area contributed by atoms with Gasteiger partial charge in [-0.25, -0.2) is 4.79 Å². The smallest absolute Gasteiger partial charge is 0.489 e. The standard InChI is InChI=1S/C17H17N5O2.C2HF3O2/c23-17(21-12-1-2-15-11(7-12)9-20-22-15)16-8-13(4-6-19-16)24-14-3-5-18-10-14;3-2(4,5)1(6)7/h1-2,4,6-9,14,18H,3,5,10H2,(H,20,22)(H,21,23);(H,6,7)/t14-;/m0./s1. The summed E-state index contributed by atoms with van der Waals surface area (Å²) in [5, 5.41) is 21.0. The van der Waals surface area contributed by atoms with Crippen molar-refractivity contribution < 1.29 is 32.6 Å². The van der Waals surface area contributed by atoms with Crippen molar-refractivity contribution in [2.75, 3.05) is 18.4 Å². The third-order valence-corrected chi connectivity index (χ3v) is 4.22. The number of rotatable bonds is 4. The molecule has 1 aliphatic rings. The second kappa shape index (κ2) is 9.43. The quantitative estimate of drug-likeness (QED) is 0.494. The first-order valence-electron chi connectivity index (χ1n) is 9.10. The van der Waals surface area contributed by atoms with Gasteiger partial charge in [0.2, 0.25) is 0 Å². The Balaban J connectivity index is 0.000000339. The minimum absolute atomic E-state index is 0.145. The molecule has 12 heteroatoms. The molecule has 0 saturated carbocycles. The number of alkyl halides is 3. The SMILES string of the molecule is O=C(Nc1ccc2[nH]ncc2c1)c1cc(O[C@H]2CCNC2)ccn1.O=C(O)C(F)(F)F.